The molecule has 1 aromatic carbocycles. The Labute approximate surface area is 125 Å². The van der Waals surface area contributed by atoms with Crippen LogP contribution in [0.25, 0.3) is 0 Å². The average Bonchev–Trinajstić information content (AvgIpc) is 2.36. The highest BCUT2D eigenvalue weighted by molar-refractivity contribution is 5.85. The van der Waals surface area contributed by atoms with E-state index < -0.39 is 17.8 Å². The van der Waals surface area contributed by atoms with E-state index >= 15 is 0 Å². The Kier molecular flexibility index (Phi) is 5.99. The lowest BCUT2D eigenvalue weighted by atomic mass is 10.1. The number of hydrogen-bond donors (Lipinski definition) is 3. The summed E-state index contributed by atoms with van der Waals surface area (Å²) >= 11 is 0. The first-order valence-electron chi connectivity index (χ1n) is 6.80. The van der Waals surface area contributed by atoms with Gasteiger partial charge in [0, 0.05) is 18.7 Å². The third-order valence-electron chi connectivity index (χ3n) is 2.65. The van der Waals surface area contributed by atoms with Crippen LogP contribution in [0.5, 0.6) is 5.75 Å². The topological polar surface area (TPSA) is 93.8 Å². The monoisotopic (exact) mass is 296 g/mol. The van der Waals surface area contributed by atoms with Gasteiger partial charge in [0.25, 0.3) is 0 Å². The van der Waals surface area contributed by atoms with Gasteiger partial charge in [-0.1, -0.05) is 0 Å². The zero-order valence-electron chi connectivity index (χ0n) is 13.0. The van der Waals surface area contributed by atoms with Crippen LogP contribution in [0, 0.1) is 0 Å². The van der Waals surface area contributed by atoms with E-state index in [1.807, 2.05) is 0 Å². The molecule has 0 heterocycles. The molecule has 118 valence electrons. The number of benzene rings is 1. The summed E-state index contributed by atoms with van der Waals surface area (Å²) in [6, 6.07) is 5.17. The highest BCUT2D eigenvalue weighted by Crippen LogP contribution is 2.24. The summed E-state index contributed by atoms with van der Waals surface area (Å²) in [5.74, 6) is 0.636. The predicted molar refractivity (Wildman–Crippen MR) is 81.6 cm³/mol. The molecule has 1 amide bonds. The summed E-state index contributed by atoms with van der Waals surface area (Å²) in [4.78, 5) is 11.7. The van der Waals surface area contributed by atoms with Crippen molar-refractivity contribution in [2.24, 2.45) is 5.73 Å². The molecule has 4 N–H and O–H groups in total. The van der Waals surface area contributed by atoms with Gasteiger partial charge in [-0.05, 0) is 44.5 Å². The Balaban J connectivity index is 2.84. The van der Waals surface area contributed by atoms with Gasteiger partial charge in [0.05, 0.1) is 13.2 Å². The van der Waals surface area contributed by atoms with Crippen molar-refractivity contribution in [1.82, 2.24) is 0 Å². The summed E-state index contributed by atoms with van der Waals surface area (Å²) in [6.07, 6.45) is -0.836. The minimum Gasteiger partial charge on any atom is -0.496 e. The van der Waals surface area contributed by atoms with E-state index in [9.17, 15) is 9.90 Å². The number of nitrogens with one attached hydrogen (secondary N) is 1. The summed E-state index contributed by atoms with van der Waals surface area (Å²) in [6.45, 7) is 5.55. The van der Waals surface area contributed by atoms with Crippen LogP contribution in [-0.2, 0) is 11.2 Å². The van der Waals surface area contributed by atoms with Gasteiger partial charge < -0.3 is 20.3 Å². The molecular formula is C15H24N2O4. The van der Waals surface area contributed by atoms with Crippen LogP contribution in [0.15, 0.2) is 18.2 Å². The molecule has 0 radical (unpaired) electrons. The number of rotatable bonds is 5. The van der Waals surface area contributed by atoms with Crippen LogP contribution in [0.1, 0.15) is 26.3 Å². The maximum atomic E-state index is 11.7. The maximum Gasteiger partial charge on any atom is 0.412 e. The van der Waals surface area contributed by atoms with Crippen LogP contribution in [0.3, 0.4) is 0 Å². The molecule has 1 unspecified atom stereocenters. The zero-order valence-corrected chi connectivity index (χ0v) is 13.0. The molecule has 21 heavy (non-hydrogen) atoms. The van der Waals surface area contributed by atoms with Crippen LogP contribution < -0.4 is 15.8 Å². The van der Waals surface area contributed by atoms with Crippen molar-refractivity contribution >= 4 is 11.8 Å². The second-order valence-corrected chi connectivity index (χ2v) is 5.75. The lowest BCUT2D eigenvalue weighted by Gasteiger charge is -2.20. The number of anilines is 1. The fourth-order valence-electron chi connectivity index (χ4n) is 1.77. The van der Waals surface area contributed by atoms with Gasteiger partial charge >= 0.3 is 6.09 Å². The summed E-state index contributed by atoms with van der Waals surface area (Å²) < 4.78 is 10.4. The third-order valence-corrected chi connectivity index (χ3v) is 2.65. The van der Waals surface area contributed by atoms with E-state index in [1.54, 1.807) is 46.1 Å². The largest absolute Gasteiger partial charge is 0.496 e. The number of hydrogen-bond acceptors (Lipinski definition) is 5. The number of carbonyl (C=O) groups excluding carboxylic acids is 1. The number of ether oxygens (including phenoxy) is 2. The van der Waals surface area contributed by atoms with Crippen molar-refractivity contribution in [2.45, 2.75) is 38.9 Å². The molecule has 1 atom stereocenters. The number of aliphatic hydroxyl groups is 1. The molecule has 6 nitrogen and oxygen atoms in total. The van der Waals surface area contributed by atoms with E-state index in [0.29, 0.717) is 17.9 Å². The molecule has 0 saturated heterocycles. The minimum absolute atomic E-state index is 0.160. The van der Waals surface area contributed by atoms with Crippen molar-refractivity contribution in [3.8, 4) is 5.75 Å². The summed E-state index contributed by atoms with van der Waals surface area (Å²) in [5.41, 5.74) is 6.20. The van der Waals surface area contributed by atoms with Crippen LogP contribution in [0.4, 0.5) is 10.5 Å². The molecule has 0 aliphatic heterocycles. The van der Waals surface area contributed by atoms with Crippen molar-refractivity contribution in [1.29, 1.82) is 0 Å². The molecule has 1 rings (SSSR count). The van der Waals surface area contributed by atoms with Crippen molar-refractivity contribution in [2.75, 3.05) is 19.0 Å². The Morgan fingerprint density at radius 3 is 2.62 bits per heavy atom. The molecule has 6 heteroatoms. The van der Waals surface area contributed by atoms with Crippen LogP contribution in [0.2, 0.25) is 0 Å². The van der Waals surface area contributed by atoms with Crippen LogP contribution in [-0.4, -0.2) is 36.6 Å². The Morgan fingerprint density at radius 2 is 2.10 bits per heavy atom. The molecule has 0 aliphatic rings. The molecule has 0 aromatic heterocycles. The van der Waals surface area contributed by atoms with Gasteiger partial charge in [-0.2, -0.15) is 0 Å². The van der Waals surface area contributed by atoms with Crippen molar-refractivity contribution in [3.63, 3.8) is 0 Å². The van der Waals surface area contributed by atoms with Crippen LogP contribution >= 0.6 is 0 Å². The highest BCUT2D eigenvalue weighted by atomic mass is 16.6. The smallest absolute Gasteiger partial charge is 0.412 e. The van der Waals surface area contributed by atoms with Gasteiger partial charge in [-0.25, -0.2) is 4.79 Å². The minimum atomic E-state index is -0.657. The first-order valence-corrected chi connectivity index (χ1v) is 6.80. The van der Waals surface area contributed by atoms with E-state index in [0.717, 1.165) is 5.56 Å². The first kappa shape index (κ1) is 17.3. The van der Waals surface area contributed by atoms with E-state index in [1.165, 1.54) is 0 Å². The van der Waals surface area contributed by atoms with E-state index in [-0.39, 0.29) is 6.54 Å². The second kappa shape index (κ2) is 7.28. The fourth-order valence-corrected chi connectivity index (χ4v) is 1.77. The molecule has 1 aromatic rings. The molecule has 0 fully saturated rings. The van der Waals surface area contributed by atoms with Gasteiger partial charge in [-0.15, -0.1) is 0 Å². The van der Waals surface area contributed by atoms with Crippen molar-refractivity contribution < 1.29 is 19.4 Å². The number of nitrogens with two attached hydrogens (primary N) is 1. The standard InChI is InChI=1S/C15H24N2O4/c1-15(2,3)21-14(19)17-11-5-6-13(20-4)10(7-11)8-12(18)9-16/h5-7,12,18H,8-9,16H2,1-4H3,(H,17,19). The first-order chi connectivity index (χ1) is 9.75. The lowest BCUT2D eigenvalue weighted by Crippen LogP contribution is -2.27. The predicted octanol–water partition coefficient (Wildman–Crippen LogP) is 1.90. The average molecular weight is 296 g/mol. The van der Waals surface area contributed by atoms with Gasteiger partial charge in [-0.3, -0.25) is 5.32 Å². The number of aliphatic hydroxyl groups excluding tert-OH is 1. The van der Waals surface area contributed by atoms with E-state index in [2.05, 4.69) is 5.32 Å². The fraction of sp³-hybridized carbons (Fsp3) is 0.533. The molecular weight excluding hydrogens is 272 g/mol. The molecule has 0 saturated carbocycles. The summed E-state index contributed by atoms with van der Waals surface area (Å²) in [5, 5.41) is 12.3. The molecule has 0 aliphatic carbocycles. The highest BCUT2D eigenvalue weighted by Gasteiger charge is 2.17. The Bertz CT molecular complexity index is 483. The molecule has 0 bridgehead atoms. The molecule has 0 spiro atoms. The summed E-state index contributed by atoms with van der Waals surface area (Å²) in [7, 11) is 1.55. The SMILES string of the molecule is COc1ccc(NC(=O)OC(C)(C)C)cc1CC(O)CN. The normalized spacial score (nSPS) is 12.7. The Hall–Kier alpha value is -1.79. The van der Waals surface area contributed by atoms with Gasteiger partial charge in [0.15, 0.2) is 0 Å². The quantitative estimate of drug-likeness (QED) is 0.771. The lowest BCUT2D eigenvalue weighted by molar-refractivity contribution is 0.0636. The second-order valence-electron chi connectivity index (χ2n) is 5.75. The van der Waals surface area contributed by atoms with E-state index in [4.69, 9.17) is 15.2 Å². The maximum absolute atomic E-state index is 11.7. The van der Waals surface area contributed by atoms with Crippen molar-refractivity contribution in [3.05, 3.63) is 23.8 Å². The van der Waals surface area contributed by atoms with Gasteiger partial charge in [0.2, 0.25) is 0 Å². The van der Waals surface area contributed by atoms with Gasteiger partial charge in [0.1, 0.15) is 11.4 Å². The Morgan fingerprint density at radius 1 is 1.43 bits per heavy atom. The zero-order chi connectivity index (χ0) is 16.0. The number of methoxy groups -OCH3 is 1. The number of amides is 1. The number of carbonyl (C=O) groups is 1. The third kappa shape index (κ3) is 6.01.